The fourth-order valence-corrected chi connectivity index (χ4v) is 4.59. The highest BCUT2D eigenvalue weighted by molar-refractivity contribution is 5.89. The first kappa shape index (κ1) is 22.5. The predicted molar refractivity (Wildman–Crippen MR) is 124 cm³/mol. The number of aliphatic hydroxyl groups excluding tert-OH is 1. The van der Waals surface area contributed by atoms with Gasteiger partial charge in [-0.2, -0.15) is 0 Å². The van der Waals surface area contributed by atoms with E-state index in [1.807, 2.05) is 30.3 Å². The first-order valence-electron chi connectivity index (χ1n) is 11.7. The van der Waals surface area contributed by atoms with Crippen molar-refractivity contribution in [1.29, 1.82) is 0 Å². The summed E-state index contributed by atoms with van der Waals surface area (Å²) in [6.45, 7) is 3.78. The zero-order valence-corrected chi connectivity index (χ0v) is 18.6. The summed E-state index contributed by atoms with van der Waals surface area (Å²) >= 11 is 0. The molecule has 2 aromatic carbocycles. The minimum absolute atomic E-state index is 0.0508. The van der Waals surface area contributed by atoms with Crippen LogP contribution < -0.4 is 5.32 Å². The lowest BCUT2D eigenvalue weighted by Crippen LogP contribution is -2.45. The van der Waals surface area contributed by atoms with Gasteiger partial charge in [0, 0.05) is 39.1 Å². The van der Waals surface area contributed by atoms with E-state index in [1.165, 1.54) is 5.56 Å². The molecule has 32 heavy (non-hydrogen) atoms. The number of nitrogens with zero attached hydrogens (tertiary/aromatic N) is 2. The molecule has 6 heteroatoms. The van der Waals surface area contributed by atoms with Gasteiger partial charge in [0.2, 0.25) is 11.8 Å². The molecule has 2 fully saturated rings. The third kappa shape index (κ3) is 5.75. The molecule has 0 aromatic heterocycles. The number of benzene rings is 2. The predicted octanol–water partition coefficient (Wildman–Crippen LogP) is 3.01. The second kappa shape index (κ2) is 10.7. The van der Waals surface area contributed by atoms with E-state index in [1.54, 1.807) is 4.90 Å². The van der Waals surface area contributed by atoms with Gasteiger partial charge < -0.3 is 15.3 Å². The molecule has 0 saturated carbocycles. The SMILES string of the molecule is O=C(NCc1ccc(CN2CCC(O)CC2)cc1)C(c1ccccc1)N1CCCCC1=O. The number of piperidine rings is 2. The van der Waals surface area contributed by atoms with Crippen LogP contribution in [0.1, 0.15) is 54.8 Å². The van der Waals surface area contributed by atoms with Crippen molar-refractivity contribution in [1.82, 2.24) is 15.1 Å². The topological polar surface area (TPSA) is 72.9 Å². The summed E-state index contributed by atoms with van der Waals surface area (Å²) in [5.74, 6) is -0.0859. The number of amides is 2. The lowest BCUT2D eigenvalue weighted by molar-refractivity contribution is -0.142. The third-order valence-corrected chi connectivity index (χ3v) is 6.49. The first-order chi connectivity index (χ1) is 15.6. The van der Waals surface area contributed by atoms with E-state index < -0.39 is 6.04 Å². The van der Waals surface area contributed by atoms with Crippen LogP contribution in [0, 0.1) is 0 Å². The third-order valence-electron chi connectivity index (χ3n) is 6.49. The minimum Gasteiger partial charge on any atom is -0.393 e. The van der Waals surface area contributed by atoms with Crippen molar-refractivity contribution in [3.8, 4) is 0 Å². The number of aliphatic hydroxyl groups is 1. The number of hydrogen-bond donors (Lipinski definition) is 2. The Morgan fingerprint density at radius 2 is 1.66 bits per heavy atom. The molecule has 4 rings (SSSR count). The van der Waals surface area contributed by atoms with Crippen LogP contribution in [0.25, 0.3) is 0 Å². The molecule has 1 unspecified atom stereocenters. The molecule has 2 N–H and O–H groups in total. The fourth-order valence-electron chi connectivity index (χ4n) is 4.59. The van der Waals surface area contributed by atoms with Gasteiger partial charge in [0.15, 0.2) is 0 Å². The second-order valence-electron chi connectivity index (χ2n) is 8.90. The van der Waals surface area contributed by atoms with Crippen LogP contribution in [0.2, 0.25) is 0 Å². The highest BCUT2D eigenvalue weighted by atomic mass is 16.3. The van der Waals surface area contributed by atoms with Gasteiger partial charge in [0.1, 0.15) is 6.04 Å². The van der Waals surface area contributed by atoms with Crippen molar-refractivity contribution in [3.05, 3.63) is 71.3 Å². The summed E-state index contributed by atoms with van der Waals surface area (Å²) in [5, 5.41) is 12.7. The molecule has 0 radical (unpaired) electrons. The first-order valence-corrected chi connectivity index (χ1v) is 11.7. The molecule has 1 atom stereocenters. The Balaban J connectivity index is 1.37. The van der Waals surface area contributed by atoms with Crippen molar-refractivity contribution in [2.75, 3.05) is 19.6 Å². The molecule has 0 aliphatic carbocycles. The van der Waals surface area contributed by atoms with E-state index in [-0.39, 0.29) is 17.9 Å². The van der Waals surface area contributed by atoms with Crippen LogP contribution in [0.15, 0.2) is 54.6 Å². The summed E-state index contributed by atoms with van der Waals surface area (Å²) in [4.78, 5) is 29.8. The molecule has 2 aliphatic heterocycles. The van der Waals surface area contributed by atoms with E-state index in [9.17, 15) is 14.7 Å². The number of carbonyl (C=O) groups excluding carboxylic acids is 2. The molecule has 2 amide bonds. The van der Waals surface area contributed by atoms with Crippen molar-refractivity contribution in [2.24, 2.45) is 0 Å². The van der Waals surface area contributed by atoms with Gasteiger partial charge in [-0.3, -0.25) is 14.5 Å². The Labute approximate surface area is 190 Å². The molecule has 0 spiro atoms. The molecule has 2 aromatic rings. The fraction of sp³-hybridized carbons (Fsp3) is 0.462. The largest absolute Gasteiger partial charge is 0.393 e. The lowest BCUT2D eigenvalue weighted by Gasteiger charge is -2.34. The molecule has 2 aliphatic rings. The molecule has 170 valence electrons. The second-order valence-corrected chi connectivity index (χ2v) is 8.90. The maximum absolute atomic E-state index is 13.2. The number of nitrogens with one attached hydrogen (secondary N) is 1. The quantitative estimate of drug-likeness (QED) is 0.701. The molecular weight excluding hydrogens is 402 g/mol. The van der Waals surface area contributed by atoms with Crippen molar-refractivity contribution >= 4 is 11.8 Å². The Morgan fingerprint density at radius 3 is 2.34 bits per heavy atom. The summed E-state index contributed by atoms with van der Waals surface area (Å²) < 4.78 is 0. The van der Waals surface area contributed by atoms with Crippen LogP contribution in [-0.4, -0.2) is 52.5 Å². The molecule has 6 nitrogen and oxygen atoms in total. The van der Waals surface area contributed by atoms with Crippen molar-refractivity contribution in [3.63, 3.8) is 0 Å². The van der Waals surface area contributed by atoms with Crippen molar-refractivity contribution < 1.29 is 14.7 Å². The molecule has 2 saturated heterocycles. The highest BCUT2D eigenvalue weighted by Crippen LogP contribution is 2.26. The van der Waals surface area contributed by atoms with E-state index in [2.05, 4.69) is 34.5 Å². The zero-order chi connectivity index (χ0) is 22.3. The van der Waals surface area contributed by atoms with Gasteiger partial charge in [-0.25, -0.2) is 0 Å². The van der Waals surface area contributed by atoms with Crippen LogP contribution >= 0.6 is 0 Å². The smallest absolute Gasteiger partial charge is 0.247 e. The summed E-state index contributed by atoms with van der Waals surface area (Å²) in [6.07, 6.45) is 3.85. The Bertz CT molecular complexity index is 892. The van der Waals surface area contributed by atoms with E-state index in [0.29, 0.717) is 19.5 Å². The molecule has 2 heterocycles. The standard InChI is InChI=1S/C26H33N3O3/c30-23-13-16-28(17-14-23)19-21-11-9-20(10-12-21)18-27-26(32)25(22-6-2-1-3-7-22)29-15-5-4-8-24(29)31/h1-3,6-7,9-12,23,25,30H,4-5,8,13-19H2,(H,27,32). The maximum atomic E-state index is 13.2. The minimum atomic E-state index is -0.585. The number of likely N-dealkylation sites (tertiary alicyclic amines) is 2. The van der Waals surface area contributed by atoms with Gasteiger partial charge in [-0.05, 0) is 42.4 Å². The highest BCUT2D eigenvalue weighted by Gasteiger charge is 2.32. The summed E-state index contributed by atoms with van der Waals surface area (Å²) in [6, 6.07) is 17.3. The van der Waals surface area contributed by atoms with Crippen LogP contribution in [-0.2, 0) is 22.7 Å². The zero-order valence-electron chi connectivity index (χ0n) is 18.6. The van der Waals surface area contributed by atoms with Gasteiger partial charge in [0.25, 0.3) is 0 Å². The average Bonchev–Trinajstić information content (AvgIpc) is 2.82. The number of rotatable bonds is 7. The van der Waals surface area contributed by atoms with Crippen molar-refractivity contribution in [2.45, 2.75) is 57.3 Å². The average molecular weight is 436 g/mol. The van der Waals surface area contributed by atoms with E-state index in [4.69, 9.17) is 0 Å². The van der Waals surface area contributed by atoms with Gasteiger partial charge in [-0.15, -0.1) is 0 Å². The van der Waals surface area contributed by atoms with Gasteiger partial charge in [-0.1, -0.05) is 54.6 Å². The molecular formula is C26H33N3O3. The Kier molecular flexibility index (Phi) is 7.55. The summed E-state index contributed by atoms with van der Waals surface area (Å²) in [5.41, 5.74) is 3.12. The Hall–Kier alpha value is -2.70. The Morgan fingerprint density at radius 1 is 0.969 bits per heavy atom. The van der Waals surface area contributed by atoms with Gasteiger partial charge in [0.05, 0.1) is 6.10 Å². The van der Waals surface area contributed by atoms with E-state index in [0.717, 1.165) is 56.4 Å². The monoisotopic (exact) mass is 435 g/mol. The number of carbonyl (C=O) groups is 2. The molecule has 0 bridgehead atoms. The van der Waals surface area contributed by atoms with Crippen LogP contribution in [0.5, 0.6) is 0 Å². The van der Waals surface area contributed by atoms with Gasteiger partial charge >= 0.3 is 0 Å². The van der Waals surface area contributed by atoms with Crippen LogP contribution in [0.3, 0.4) is 0 Å². The number of hydrogen-bond acceptors (Lipinski definition) is 4. The normalized spacial score (nSPS) is 19.0. The summed E-state index contributed by atoms with van der Waals surface area (Å²) in [7, 11) is 0. The maximum Gasteiger partial charge on any atom is 0.247 e. The van der Waals surface area contributed by atoms with E-state index >= 15 is 0 Å². The van der Waals surface area contributed by atoms with Crippen LogP contribution in [0.4, 0.5) is 0 Å². The lowest BCUT2D eigenvalue weighted by atomic mass is 10.0.